The average Bonchev–Trinajstić information content (AvgIpc) is 2.28. The topological polar surface area (TPSA) is 78.4 Å². The Kier molecular flexibility index (Phi) is 5.06. The van der Waals surface area contributed by atoms with Gasteiger partial charge in [0.1, 0.15) is 6.04 Å². The van der Waals surface area contributed by atoms with Crippen LogP contribution < -0.4 is 10.6 Å². The van der Waals surface area contributed by atoms with Crippen molar-refractivity contribution in [1.82, 2.24) is 10.6 Å². The first-order chi connectivity index (χ1) is 8.41. The van der Waals surface area contributed by atoms with Crippen molar-refractivity contribution in [2.24, 2.45) is 0 Å². The molecule has 0 fully saturated rings. The Bertz CT molecular complexity index is 493. The number of carboxylic acid groups (broad SMARTS) is 1. The van der Waals surface area contributed by atoms with Crippen LogP contribution in [0.2, 0.25) is 5.02 Å². The second-order valence-corrected chi connectivity index (χ2v) is 4.28. The van der Waals surface area contributed by atoms with E-state index in [4.69, 9.17) is 28.9 Å². The summed E-state index contributed by atoms with van der Waals surface area (Å²) in [4.78, 5) is 22.3. The highest BCUT2D eigenvalue weighted by molar-refractivity contribution is 7.80. The molecule has 0 heterocycles. The number of thiocarbonyl (C=S) groups is 1. The van der Waals surface area contributed by atoms with Crippen molar-refractivity contribution in [3.8, 4) is 0 Å². The molecule has 0 aliphatic heterocycles. The van der Waals surface area contributed by atoms with E-state index in [1.54, 1.807) is 24.3 Å². The van der Waals surface area contributed by atoms with Gasteiger partial charge in [-0.15, -0.1) is 0 Å². The molecule has 7 heteroatoms. The highest BCUT2D eigenvalue weighted by Gasteiger charge is 2.15. The van der Waals surface area contributed by atoms with E-state index >= 15 is 0 Å². The zero-order chi connectivity index (χ0) is 13.7. The SMILES string of the molecule is CC(NC(=S)NC(=O)c1ccccc1Cl)C(=O)O. The molecule has 3 N–H and O–H groups in total. The fourth-order valence-corrected chi connectivity index (χ4v) is 1.60. The molecule has 1 amide bonds. The first-order valence-electron chi connectivity index (χ1n) is 5.01. The molecule has 0 aliphatic rings. The predicted octanol–water partition coefficient (Wildman–Crippen LogP) is 1.42. The zero-order valence-electron chi connectivity index (χ0n) is 9.44. The number of rotatable bonds is 3. The molecule has 0 aromatic heterocycles. The van der Waals surface area contributed by atoms with Gasteiger partial charge in [-0.2, -0.15) is 0 Å². The largest absolute Gasteiger partial charge is 0.480 e. The van der Waals surface area contributed by atoms with E-state index in [1.807, 2.05) is 0 Å². The summed E-state index contributed by atoms with van der Waals surface area (Å²) in [6.07, 6.45) is 0. The van der Waals surface area contributed by atoms with Crippen LogP contribution in [0.25, 0.3) is 0 Å². The zero-order valence-corrected chi connectivity index (χ0v) is 11.0. The quantitative estimate of drug-likeness (QED) is 0.733. The van der Waals surface area contributed by atoms with Gasteiger partial charge in [-0.05, 0) is 31.3 Å². The summed E-state index contributed by atoms with van der Waals surface area (Å²) in [5.74, 6) is -1.56. The number of carbonyl (C=O) groups is 2. The predicted molar refractivity (Wildman–Crippen MR) is 71.7 cm³/mol. The molecule has 1 aromatic rings. The number of hydrogen-bond donors (Lipinski definition) is 3. The molecule has 1 rings (SSSR count). The molecule has 0 saturated carbocycles. The molecule has 0 aliphatic carbocycles. The van der Waals surface area contributed by atoms with E-state index in [-0.39, 0.29) is 10.7 Å². The average molecular weight is 287 g/mol. The lowest BCUT2D eigenvalue weighted by Gasteiger charge is -2.12. The molecule has 96 valence electrons. The maximum absolute atomic E-state index is 11.8. The second kappa shape index (κ2) is 6.32. The van der Waals surface area contributed by atoms with Gasteiger partial charge >= 0.3 is 5.97 Å². The van der Waals surface area contributed by atoms with Crippen LogP contribution in [0.5, 0.6) is 0 Å². The first kappa shape index (κ1) is 14.4. The number of nitrogens with one attached hydrogen (secondary N) is 2. The van der Waals surface area contributed by atoms with Crippen LogP contribution in [0.1, 0.15) is 17.3 Å². The normalized spacial score (nSPS) is 11.4. The van der Waals surface area contributed by atoms with Crippen molar-refractivity contribution in [3.05, 3.63) is 34.9 Å². The Morgan fingerprint density at radius 1 is 1.39 bits per heavy atom. The van der Waals surface area contributed by atoms with Crippen molar-refractivity contribution >= 4 is 40.8 Å². The van der Waals surface area contributed by atoms with Crippen molar-refractivity contribution in [2.45, 2.75) is 13.0 Å². The van der Waals surface area contributed by atoms with Crippen LogP contribution >= 0.6 is 23.8 Å². The lowest BCUT2D eigenvalue weighted by Crippen LogP contribution is -2.46. The van der Waals surface area contributed by atoms with Gasteiger partial charge in [-0.1, -0.05) is 23.7 Å². The van der Waals surface area contributed by atoms with E-state index in [0.29, 0.717) is 5.02 Å². The van der Waals surface area contributed by atoms with Crippen LogP contribution in [0.4, 0.5) is 0 Å². The van der Waals surface area contributed by atoms with Crippen molar-refractivity contribution in [1.29, 1.82) is 0 Å². The first-order valence-corrected chi connectivity index (χ1v) is 5.79. The van der Waals surface area contributed by atoms with E-state index < -0.39 is 17.9 Å². The van der Waals surface area contributed by atoms with Crippen LogP contribution in [-0.2, 0) is 4.79 Å². The van der Waals surface area contributed by atoms with Crippen molar-refractivity contribution < 1.29 is 14.7 Å². The molecule has 1 atom stereocenters. The minimum atomic E-state index is -1.07. The maximum Gasteiger partial charge on any atom is 0.325 e. The third-order valence-corrected chi connectivity index (χ3v) is 2.61. The standard InChI is InChI=1S/C11H11ClN2O3S/c1-6(10(16)17)13-11(18)14-9(15)7-4-2-3-5-8(7)12/h2-6H,1H3,(H,16,17)(H2,13,14,15,18). The fraction of sp³-hybridized carbons (Fsp3) is 0.182. The molecule has 18 heavy (non-hydrogen) atoms. The number of carbonyl (C=O) groups excluding carboxylic acids is 1. The minimum Gasteiger partial charge on any atom is -0.480 e. The minimum absolute atomic E-state index is 0.0604. The van der Waals surface area contributed by atoms with Gasteiger partial charge in [0.05, 0.1) is 10.6 Å². The van der Waals surface area contributed by atoms with Gasteiger partial charge in [-0.25, -0.2) is 0 Å². The van der Waals surface area contributed by atoms with Gasteiger partial charge in [0, 0.05) is 0 Å². The van der Waals surface area contributed by atoms with Gasteiger partial charge in [0.2, 0.25) is 0 Å². The van der Waals surface area contributed by atoms with Gasteiger partial charge < -0.3 is 10.4 Å². The Morgan fingerprint density at radius 2 is 2.00 bits per heavy atom. The second-order valence-electron chi connectivity index (χ2n) is 3.47. The summed E-state index contributed by atoms with van der Waals surface area (Å²) in [5.41, 5.74) is 0.270. The maximum atomic E-state index is 11.8. The van der Waals surface area contributed by atoms with Gasteiger partial charge in [-0.3, -0.25) is 14.9 Å². The Balaban J connectivity index is 2.63. The Morgan fingerprint density at radius 3 is 2.56 bits per heavy atom. The van der Waals surface area contributed by atoms with Crippen molar-refractivity contribution in [2.75, 3.05) is 0 Å². The number of aliphatic carboxylic acids is 1. The summed E-state index contributed by atoms with van der Waals surface area (Å²) in [5, 5.41) is 13.7. The molecule has 0 saturated heterocycles. The van der Waals surface area contributed by atoms with E-state index in [0.717, 1.165) is 0 Å². The molecular weight excluding hydrogens is 276 g/mol. The highest BCUT2D eigenvalue weighted by Crippen LogP contribution is 2.14. The van der Waals surface area contributed by atoms with E-state index in [1.165, 1.54) is 6.92 Å². The molecular formula is C11H11ClN2O3S. The summed E-state index contributed by atoms with van der Waals surface area (Å²) in [7, 11) is 0. The van der Waals surface area contributed by atoms with Crippen LogP contribution in [0.15, 0.2) is 24.3 Å². The lowest BCUT2D eigenvalue weighted by molar-refractivity contribution is -0.138. The van der Waals surface area contributed by atoms with Crippen LogP contribution in [-0.4, -0.2) is 28.1 Å². The molecule has 0 spiro atoms. The summed E-state index contributed by atoms with van der Waals surface area (Å²) >= 11 is 10.7. The van der Waals surface area contributed by atoms with Gasteiger partial charge in [0.15, 0.2) is 5.11 Å². The molecule has 1 aromatic carbocycles. The third kappa shape index (κ3) is 3.97. The lowest BCUT2D eigenvalue weighted by atomic mass is 10.2. The monoisotopic (exact) mass is 286 g/mol. The molecule has 0 bridgehead atoms. The Hall–Kier alpha value is -1.66. The van der Waals surface area contributed by atoms with Crippen LogP contribution in [0, 0.1) is 0 Å². The summed E-state index contributed by atoms with van der Waals surface area (Å²) in [6.45, 7) is 1.41. The summed E-state index contributed by atoms with van der Waals surface area (Å²) in [6, 6.07) is 5.59. The number of benzene rings is 1. The van der Waals surface area contributed by atoms with E-state index in [9.17, 15) is 9.59 Å². The highest BCUT2D eigenvalue weighted by atomic mass is 35.5. The number of hydrogen-bond acceptors (Lipinski definition) is 3. The van der Waals surface area contributed by atoms with E-state index in [2.05, 4.69) is 10.6 Å². The number of amides is 1. The molecule has 1 unspecified atom stereocenters. The molecule has 5 nitrogen and oxygen atoms in total. The summed E-state index contributed by atoms with van der Waals surface area (Å²) < 4.78 is 0. The number of halogens is 1. The molecule has 0 radical (unpaired) electrons. The Labute approximate surface area is 114 Å². The van der Waals surface area contributed by atoms with Gasteiger partial charge in [0.25, 0.3) is 5.91 Å². The van der Waals surface area contributed by atoms with Crippen LogP contribution in [0.3, 0.4) is 0 Å². The smallest absolute Gasteiger partial charge is 0.325 e. The van der Waals surface area contributed by atoms with Crippen molar-refractivity contribution in [3.63, 3.8) is 0 Å². The number of carboxylic acids is 1. The third-order valence-electron chi connectivity index (χ3n) is 2.06. The fourth-order valence-electron chi connectivity index (χ4n) is 1.11.